The number of aromatic carboxylic acids is 1. The van der Waals surface area contributed by atoms with Crippen molar-refractivity contribution in [3.8, 4) is 0 Å². The molecule has 0 saturated carbocycles. The third-order valence-electron chi connectivity index (χ3n) is 2.33. The highest BCUT2D eigenvalue weighted by Crippen LogP contribution is 2.21. The summed E-state index contributed by atoms with van der Waals surface area (Å²) in [6.07, 6.45) is 0. The standard InChI is InChI=1S/C9H8N4O4S2/c1-5-6(8(14)15)3-2-4-7(5)19(16,17)11-9-10-12-13-18-9/h2-4H,1H3,(H,14,15)(H,10,11,13). The SMILES string of the molecule is Cc1c(C(=O)O)cccc1S(=O)(=O)Nc1nnns1. The molecule has 10 heteroatoms. The number of carbonyl (C=O) groups is 1. The molecule has 0 aliphatic carbocycles. The molecule has 0 fully saturated rings. The summed E-state index contributed by atoms with van der Waals surface area (Å²) in [5, 5.41) is 15.7. The van der Waals surface area contributed by atoms with Gasteiger partial charge in [-0.3, -0.25) is 4.72 Å². The number of nitrogens with zero attached hydrogens (tertiary/aromatic N) is 3. The molecule has 1 aromatic carbocycles. The van der Waals surface area contributed by atoms with Crippen LogP contribution in [0.3, 0.4) is 0 Å². The van der Waals surface area contributed by atoms with E-state index in [1.165, 1.54) is 25.1 Å². The molecule has 0 spiro atoms. The molecule has 0 aliphatic rings. The molecule has 2 N–H and O–H groups in total. The lowest BCUT2D eigenvalue weighted by atomic mass is 10.1. The highest BCUT2D eigenvalue weighted by atomic mass is 32.2. The Morgan fingerprint density at radius 3 is 2.74 bits per heavy atom. The highest BCUT2D eigenvalue weighted by Gasteiger charge is 2.21. The topological polar surface area (TPSA) is 122 Å². The number of anilines is 1. The van der Waals surface area contributed by atoms with Gasteiger partial charge in [-0.15, -0.1) is 0 Å². The average molecular weight is 300 g/mol. The largest absolute Gasteiger partial charge is 0.478 e. The van der Waals surface area contributed by atoms with E-state index >= 15 is 0 Å². The van der Waals surface area contributed by atoms with Crippen LogP contribution in [0.4, 0.5) is 5.13 Å². The minimum atomic E-state index is -3.92. The van der Waals surface area contributed by atoms with Crippen molar-refractivity contribution >= 4 is 32.7 Å². The molecule has 0 atom stereocenters. The minimum absolute atomic E-state index is 0.0140. The summed E-state index contributed by atoms with van der Waals surface area (Å²) >= 11 is 0.782. The molecule has 0 bridgehead atoms. The molecule has 0 amide bonds. The molecule has 2 rings (SSSR count). The minimum Gasteiger partial charge on any atom is -0.478 e. The maximum Gasteiger partial charge on any atom is 0.335 e. The van der Waals surface area contributed by atoms with Gasteiger partial charge in [0.1, 0.15) is 0 Å². The number of benzene rings is 1. The van der Waals surface area contributed by atoms with Crippen LogP contribution in [0.15, 0.2) is 23.1 Å². The lowest BCUT2D eigenvalue weighted by Crippen LogP contribution is -2.15. The monoisotopic (exact) mass is 300 g/mol. The molecule has 8 nitrogen and oxygen atoms in total. The molecule has 1 heterocycles. The molecule has 0 radical (unpaired) electrons. The van der Waals surface area contributed by atoms with Crippen LogP contribution in [-0.4, -0.2) is 34.3 Å². The van der Waals surface area contributed by atoms with Gasteiger partial charge < -0.3 is 5.11 Å². The molecular weight excluding hydrogens is 292 g/mol. The first-order valence-electron chi connectivity index (χ1n) is 4.92. The number of sulfonamides is 1. The summed E-state index contributed by atoms with van der Waals surface area (Å²) in [6, 6.07) is 4.02. The maximum absolute atomic E-state index is 12.1. The summed E-state index contributed by atoms with van der Waals surface area (Å²) in [4.78, 5) is 10.8. The molecule has 100 valence electrons. The summed E-state index contributed by atoms with van der Waals surface area (Å²) < 4.78 is 29.8. The second-order valence-electron chi connectivity index (χ2n) is 3.51. The number of hydrogen-bond donors (Lipinski definition) is 2. The second kappa shape index (κ2) is 4.90. The van der Waals surface area contributed by atoms with Crippen LogP contribution in [0.5, 0.6) is 0 Å². The summed E-state index contributed by atoms with van der Waals surface area (Å²) in [5.74, 6) is -1.19. The Hall–Kier alpha value is -2.07. The molecule has 1 aromatic heterocycles. The van der Waals surface area contributed by atoms with Gasteiger partial charge in [-0.2, -0.15) is 0 Å². The van der Waals surface area contributed by atoms with Gasteiger partial charge in [0.05, 0.1) is 10.5 Å². The van der Waals surface area contributed by atoms with Crippen molar-refractivity contribution in [1.82, 2.24) is 14.8 Å². The number of nitrogens with one attached hydrogen (secondary N) is 1. The van der Waals surface area contributed by atoms with Gasteiger partial charge in [0.15, 0.2) is 0 Å². The van der Waals surface area contributed by atoms with Crippen LogP contribution in [0.2, 0.25) is 0 Å². The van der Waals surface area contributed by atoms with E-state index in [0.717, 1.165) is 11.5 Å². The zero-order valence-electron chi connectivity index (χ0n) is 9.56. The van der Waals surface area contributed by atoms with Crippen LogP contribution in [0.1, 0.15) is 15.9 Å². The highest BCUT2D eigenvalue weighted by molar-refractivity contribution is 7.93. The van der Waals surface area contributed by atoms with Gasteiger partial charge in [0.2, 0.25) is 5.13 Å². The molecule has 0 saturated heterocycles. The van der Waals surface area contributed by atoms with Gasteiger partial charge in [0, 0.05) is 11.5 Å². The fourth-order valence-electron chi connectivity index (χ4n) is 1.48. The van der Waals surface area contributed by atoms with E-state index in [2.05, 4.69) is 19.5 Å². The Bertz CT molecular complexity index is 712. The van der Waals surface area contributed by atoms with Gasteiger partial charge in [0.25, 0.3) is 10.0 Å². The number of rotatable bonds is 4. The molecular formula is C9H8N4O4S2. The van der Waals surface area contributed by atoms with E-state index in [9.17, 15) is 13.2 Å². The van der Waals surface area contributed by atoms with Crippen molar-refractivity contribution in [3.63, 3.8) is 0 Å². The van der Waals surface area contributed by atoms with Gasteiger partial charge >= 0.3 is 5.97 Å². The maximum atomic E-state index is 12.1. The third kappa shape index (κ3) is 2.69. The Kier molecular flexibility index (Phi) is 3.44. The van der Waals surface area contributed by atoms with Crippen molar-refractivity contribution in [3.05, 3.63) is 29.3 Å². The lowest BCUT2D eigenvalue weighted by molar-refractivity contribution is 0.0696. The van der Waals surface area contributed by atoms with E-state index in [0.29, 0.717) is 0 Å². The van der Waals surface area contributed by atoms with Crippen LogP contribution in [-0.2, 0) is 10.0 Å². The van der Waals surface area contributed by atoms with E-state index in [1.807, 2.05) is 0 Å². The predicted octanol–water partition coefficient (Wildman–Crippen LogP) is 0.741. The third-order valence-corrected chi connectivity index (χ3v) is 4.45. The van der Waals surface area contributed by atoms with Gasteiger partial charge in [-0.1, -0.05) is 15.7 Å². The smallest absolute Gasteiger partial charge is 0.335 e. The number of carboxylic acid groups (broad SMARTS) is 1. The van der Waals surface area contributed by atoms with E-state index < -0.39 is 16.0 Å². The van der Waals surface area contributed by atoms with Gasteiger partial charge in [-0.25, -0.2) is 13.2 Å². The van der Waals surface area contributed by atoms with Crippen LogP contribution < -0.4 is 4.72 Å². The van der Waals surface area contributed by atoms with Crippen LogP contribution >= 0.6 is 11.5 Å². The van der Waals surface area contributed by atoms with E-state index in [1.54, 1.807) is 0 Å². The normalized spacial score (nSPS) is 11.2. The number of hydrogen-bond acceptors (Lipinski definition) is 7. The Labute approximate surface area is 112 Å². The van der Waals surface area contributed by atoms with E-state index in [4.69, 9.17) is 5.11 Å². The van der Waals surface area contributed by atoms with Crippen molar-refractivity contribution in [2.75, 3.05) is 4.72 Å². The van der Waals surface area contributed by atoms with Crippen molar-refractivity contribution in [1.29, 1.82) is 0 Å². The van der Waals surface area contributed by atoms with Crippen molar-refractivity contribution in [2.45, 2.75) is 11.8 Å². The summed E-state index contributed by atoms with van der Waals surface area (Å²) in [7, 11) is -3.92. The van der Waals surface area contributed by atoms with Gasteiger partial charge in [-0.05, 0) is 29.8 Å². The lowest BCUT2D eigenvalue weighted by Gasteiger charge is -2.09. The predicted molar refractivity (Wildman–Crippen MR) is 66.7 cm³/mol. The molecule has 0 unspecified atom stereocenters. The number of aromatic nitrogens is 3. The average Bonchev–Trinajstić information content (AvgIpc) is 2.80. The quantitative estimate of drug-likeness (QED) is 0.853. The Balaban J connectivity index is 2.47. The number of carboxylic acids is 1. The fourth-order valence-corrected chi connectivity index (χ4v) is 3.33. The molecule has 19 heavy (non-hydrogen) atoms. The zero-order chi connectivity index (χ0) is 14.0. The van der Waals surface area contributed by atoms with E-state index in [-0.39, 0.29) is 21.2 Å². The first-order valence-corrected chi connectivity index (χ1v) is 7.18. The van der Waals surface area contributed by atoms with Crippen molar-refractivity contribution < 1.29 is 18.3 Å². The zero-order valence-corrected chi connectivity index (χ0v) is 11.2. The first kappa shape index (κ1) is 13.4. The molecule has 2 aromatic rings. The second-order valence-corrected chi connectivity index (χ2v) is 5.89. The van der Waals surface area contributed by atoms with Crippen LogP contribution in [0.25, 0.3) is 0 Å². The Morgan fingerprint density at radius 2 is 2.16 bits per heavy atom. The first-order chi connectivity index (χ1) is 8.92. The summed E-state index contributed by atoms with van der Waals surface area (Å²) in [5.41, 5.74) is 0.0817. The molecule has 0 aliphatic heterocycles. The summed E-state index contributed by atoms with van der Waals surface area (Å²) in [6.45, 7) is 1.43. The fraction of sp³-hybridized carbons (Fsp3) is 0.111. The van der Waals surface area contributed by atoms with Crippen molar-refractivity contribution in [2.24, 2.45) is 0 Å². The Morgan fingerprint density at radius 1 is 1.42 bits per heavy atom. The van der Waals surface area contributed by atoms with Crippen LogP contribution in [0, 0.1) is 6.92 Å².